The van der Waals surface area contributed by atoms with Crippen LogP contribution in [0, 0.1) is 0 Å². The average molecular weight is 310 g/mol. The average Bonchev–Trinajstić information content (AvgIpc) is 3.00. The molecule has 0 aliphatic rings. The van der Waals surface area contributed by atoms with E-state index in [1.807, 2.05) is 54.6 Å². The second-order valence-corrected chi connectivity index (χ2v) is 5.35. The lowest BCUT2D eigenvalue weighted by Crippen LogP contribution is -2.40. The van der Waals surface area contributed by atoms with Crippen LogP contribution in [0.1, 0.15) is 18.3 Å². The number of H-pyrrole nitrogens is 1. The molecule has 0 saturated heterocycles. The van der Waals surface area contributed by atoms with Crippen LogP contribution in [0.2, 0.25) is 0 Å². The predicted molar refractivity (Wildman–Crippen MR) is 86.8 cm³/mol. The Morgan fingerprint density at radius 1 is 1.17 bits per heavy atom. The van der Waals surface area contributed by atoms with Gasteiger partial charge >= 0.3 is 5.97 Å². The smallest absolute Gasteiger partial charge is 0.346 e. The summed E-state index contributed by atoms with van der Waals surface area (Å²) < 4.78 is 5.08. The molecule has 0 fully saturated rings. The van der Waals surface area contributed by atoms with Crippen molar-refractivity contribution >= 4 is 17.0 Å². The van der Waals surface area contributed by atoms with Crippen molar-refractivity contribution in [3.8, 4) is 0 Å². The van der Waals surface area contributed by atoms with Gasteiger partial charge in [-0.15, -0.1) is 0 Å². The number of esters is 1. The topological polar surface area (TPSA) is 75.2 Å². The first-order valence-electron chi connectivity index (χ1n) is 7.52. The lowest BCUT2D eigenvalue weighted by molar-refractivity contribution is -0.167. The number of aromatic amines is 1. The summed E-state index contributed by atoms with van der Waals surface area (Å²) in [5.41, 5.74) is 0.427. The van der Waals surface area contributed by atoms with Gasteiger partial charge in [0, 0.05) is 6.42 Å². The number of fused-ring (bicyclic) bond motifs is 1. The molecule has 0 aliphatic heterocycles. The quantitative estimate of drug-likeness (QED) is 0.710. The third-order valence-electron chi connectivity index (χ3n) is 3.70. The highest BCUT2D eigenvalue weighted by molar-refractivity contribution is 5.83. The van der Waals surface area contributed by atoms with Gasteiger partial charge in [0.2, 0.25) is 5.60 Å². The van der Waals surface area contributed by atoms with E-state index in [0.29, 0.717) is 5.52 Å². The number of hydrogen-bond acceptors (Lipinski definition) is 4. The van der Waals surface area contributed by atoms with Crippen LogP contribution in [0.4, 0.5) is 0 Å². The van der Waals surface area contributed by atoms with E-state index in [4.69, 9.17) is 4.74 Å². The maximum Gasteiger partial charge on any atom is 0.346 e. The van der Waals surface area contributed by atoms with E-state index < -0.39 is 11.6 Å². The van der Waals surface area contributed by atoms with Crippen molar-refractivity contribution in [1.82, 2.24) is 9.97 Å². The van der Waals surface area contributed by atoms with Gasteiger partial charge in [-0.25, -0.2) is 9.78 Å². The highest BCUT2D eigenvalue weighted by Crippen LogP contribution is 2.27. The van der Waals surface area contributed by atoms with Gasteiger partial charge in [-0.2, -0.15) is 0 Å². The Bertz CT molecular complexity index is 780. The van der Waals surface area contributed by atoms with Crippen molar-refractivity contribution in [3.05, 3.63) is 66.0 Å². The van der Waals surface area contributed by atoms with Crippen LogP contribution < -0.4 is 0 Å². The molecule has 0 amide bonds. The molecule has 5 nitrogen and oxygen atoms in total. The number of hydrogen-bond donors (Lipinski definition) is 2. The Kier molecular flexibility index (Phi) is 4.12. The Morgan fingerprint density at radius 3 is 2.57 bits per heavy atom. The molecule has 0 saturated carbocycles. The third-order valence-corrected chi connectivity index (χ3v) is 3.70. The Labute approximate surface area is 133 Å². The molecule has 0 radical (unpaired) electrons. The van der Waals surface area contributed by atoms with Crippen LogP contribution >= 0.6 is 0 Å². The van der Waals surface area contributed by atoms with Gasteiger partial charge in [0.15, 0.2) is 5.82 Å². The third kappa shape index (κ3) is 2.96. The van der Waals surface area contributed by atoms with Crippen LogP contribution in [0.25, 0.3) is 11.0 Å². The van der Waals surface area contributed by atoms with Crippen molar-refractivity contribution in [3.63, 3.8) is 0 Å². The van der Waals surface area contributed by atoms with E-state index in [9.17, 15) is 9.90 Å². The molecular weight excluding hydrogens is 292 g/mol. The molecule has 0 aliphatic carbocycles. The molecule has 0 bridgehead atoms. The number of ether oxygens (including phenoxy) is 1. The molecule has 1 atom stereocenters. The minimum Gasteiger partial charge on any atom is -0.463 e. The summed E-state index contributed by atoms with van der Waals surface area (Å²) in [6, 6.07) is 16.7. The monoisotopic (exact) mass is 310 g/mol. The van der Waals surface area contributed by atoms with Gasteiger partial charge in [0.25, 0.3) is 0 Å². The molecule has 3 rings (SSSR count). The van der Waals surface area contributed by atoms with Crippen molar-refractivity contribution in [2.75, 3.05) is 6.61 Å². The molecule has 23 heavy (non-hydrogen) atoms. The van der Waals surface area contributed by atoms with Gasteiger partial charge < -0.3 is 14.8 Å². The SMILES string of the molecule is CCOC(=O)[C@@](O)(Cc1ccccc1)c1nc2ccccc2[nH]1. The lowest BCUT2D eigenvalue weighted by atomic mass is 9.93. The maximum absolute atomic E-state index is 12.4. The fourth-order valence-electron chi connectivity index (χ4n) is 2.54. The fourth-order valence-corrected chi connectivity index (χ4v) is 2.54. The van der Waals surface area contributed by atoms with E-state index in [1.54, 1.807) is 6.92 Å². The molecule has 118 valence electrons. The molecule has 1 aromatic heterocycles. The first-order valence-corrected chi connectivity index (χ1v) is 7.52. The number of benzene rings is 2. The first kappa shape index (κ1) is 15.2. The summed E-state index contributed by atoms with van der Waals surface area (Å²) in [6.45, 7) is 1.90. The number of nitrogens with one attached hydrogen (secondary N) is 1. The maximum atomic E-state index is 12.4. The van der Waals surface area contributed by atoms with E-state index in [2.05, 4.69) is 9.97 Å². The molecule has 2 aromatic carbocycles. The lowest BCUT2D eigenvalue weighted by Gasteiger charge is -2.23. The van der Waals surface area contributed by atoms with Crippen LogP contribution in [0.5, 0.6) is 0 Å². The number of rotatable bonds is 5. The summed E-state index contributed by atoms with van der Waals surface area (Å²) in [5.74, 6) is -0.510. The summed E-state index contributed by atoms with van der Waals surface area (Å²) in [5, 5.41) is 11.1. The number of carbonyl (C=O) groups excluding carboxylic acids is 1. The number of nitrogens with zero attached hydrogens (tertiary/aromatic N) is 1. The number of aromatic nitrogens is 2. The van der Waals surface area contributed by atoms with Gasteiger partial charge in [-0.1, -0.05) is 42.5 Å². The van der Waals surface area contributed by atoms with Crippen molar-refractivity contribution in [2.45, 2.75) is 18.9 Å². The Balaban J connectivity index is 2.05. The van der Waals surface area contributed by atoms with Crippen LogP contribution in [-0.2, 0) is 21.6 Å². The largest absolute Gasteiger partial charge is 0.463 e. The van der Waals surface area contributed by atoms with Crippen molar-refractivity contribution < 1.29 is 14.6 Å². The Hall–Kier alpha value is -2.66. The minimum absolute atomic E-state index is 0.0898. The summed E-state index contributed by atoms with van der Waals surface area (Å²) in [6.07, 6.45) is 0.0898. The van der Waals surface area contributed by atoms with Crippen LogP contribution in [-0.4, -0.2) is 27.7 Å². The zero-order valence-corrected chi connectivity index (χ0v) is 12.8. The number of imidazole rings is 1. The van der Waals surface area contributed by atoms with Gasteiger partial charge in [-0.05, 0) is 24.6 Å². The predicted octanol–water partition coefficient (Wildman–Crippen LogP) is 2.56. The highest BCUT2D eigenvalue weighted by Gasteiger charge is 2.42. The van der Waals surface area contributed by atoms with Crippen molar-refractivity contribution in [2.24, 2.45) is 0 Å². The van der Waals surface area contributed by atoms with E-state index in [1.165, 1.54) is 0 Å². The normalized spacial score (nSPS) is 13.7. The molecule has 0 spiro atoms. The molecule has 2 N–H and O–H groups in total. The summed E-state index contributed by atoms with van der Waals surface area (Å²) in [4.78, 5) is 19.8. The van der Waals surface area contributed by atoms with E-state index in [-0.39, 0.29) is 18.9 Å². The first-order chi connectivity index (χ1) is 11.1. The molecular formula is C18H18N2O3. The standard InChI is InChI=1S/C18H18N2O3/c1-2-23-17(21)18(22,12-13-8-4-3-5-9-13)16-19-14-10-6-7-11-15(14)20-16/h3-11,22H,2,12H2,1H3,(H,19,20)/t18-/m1/s1. The van der Waals surface area contributed by atoms with Gasteiger partial charge in [0.05, 0.1) is 17.6 Å². The molecule has 5 heteroatoms. The van der Waals surface area contributed by atoms with E-state index >= 15 is 0 Å². The van der Waals surface area contributed by atoms with E-state index in [0.717, 1.165) is 11.1 Å². The zero-order valence-electron chi connectivity index (χ0n) is 12.8. The van der Waals surface area contributed by atoms with Crippen molar-refractivity contribution in [1.29, 1.82) is 0 Å². The van der Waals surface area contributed by atoms with Gasteiger partial charge in [0.1, 0.15) is 0 Å². The van der Waals surface area contributed by atoms with Crippen LogP contribution in [0.3, 0.4) is 0 Å². The Morgan fingerprint density at radius 2 is 1.87 bits per heavy atom. The number of aliphatic hydroxyl groups is 1. The molecule has 3 aromatic rings. The second-order valence-electron chi connectivity index (χ2n) is 5.35. The van der Waals surface area contributed by atoms with Crippen LogP contribution in [0.15, 0.2) is 54.6 Å². The fraction of sp³-hybridized carbons (Fsp3) is 0.222. The number of carbonyl (C=O) groups is 1. The second kappa shape index (κ2) is 6.22. The minimum atomic E-state index is -1.85. The zero-order chi connectivity index (χ0) is 16.3. The summed E-state index contributed by atoms with van der Waals surface area (Å²) in [7, 11) is 0. The highest BCUT2D eigenvalue weighted by atomic mass is 16.5. The molecule has 1 heterocycles. The molecule has 0 unspecified atom stereocenters. The number of para-hydroxylation sites is 2. The summed E-state index contributed by atoms with van der Waals surface area (Å²) >= 11 is 0. The van der Waals surface area contributed by atoms with Gasteiger partial charge in [-0.3, -0.25) is 0 Å².